The van der Waals surface area contributed by atoms with Crippen molar-refractivity contribution in [3.8, 4) is 17.2 Å². The molecule has 1 aliphatic rings. The number of nitrogens with one attached hydrogen (secondary N) is 1. The summed E-state index contributed by atoms with van der Waals surface area (Å²) in [6.07, 6.45) is 0.661. The molecule has 0 spiro atoms. The van der Waals surface area contributed by atoms with Gasteiger partial charge in [-0.1, -0.05) is 25.1 Å². The normalized spacial score (nSPS) is 13.0. The predicted molar refractivity (Wildman–Crippen MR) is 146 cm³/mol. The van der Waals surface area contributed by atoms with Gasteiger partial charge < -0.3 is 35.9 Å². The summed E-state index contributed by atoms with van der Waals surface area (Å²) in [6, 6.07) is 11.1. The minimum Gasteiger partial charge on any atom is -0.497 e. The van der Waals surface area contributed by atoms with E-state index in [0.717, 1.165) is 11.5 Å². The smallest absolute Gasteiger partial charge is 0.270 e. The van der Waals surface area contributed by atoms with Crippen LogP contribution in [0.4, 0.5) is 5.69 Å². The van der Waals surface area contributed by atoms with Crippen molar-refractivity contribution in [2.45, 2.75) is 45.3 Å². The van der Waals surface area contributed by atoms with E-state index in [-0.39, 0.29) is 35.5 Å². The van der Waals surface area contributed by atoms with Gasteiger partial charge in [0, 0.05) is 12.1 Å². The summed E-state index contributed by atoms with van der Waals surface area (Å²) in [4.78, 5) is 41.3. The molecule has 1 aromatic heterocycles. The number of nitrogens with zero attached hydrogens (tertiary/aromatic N) is 2. The van der Waals surface area contributed by atoms with E-state index < -0.39 is 23.4 Å². The summed E-state index contributed by atoms with van der Waals surface area (Å²) in [7, 11) is 1.54. The van der Waals surface area contributed by atoms with E-state index in [4.69, 9.17) is 25.7 Å². The van der Waals surface area contributed by atoms with Crippen LogP contribution in [0.5, 0.6) is 17.2 Å². The number of carbonyl (C=O) groups is 3. The molecule has 0 aliphatic carbocycles. The first-order chi connectivity index (χ1) is 18.5. The van der Waals surface area contributed by atoms with E-state index in [9.17, 15) is 14.4 Å². The first kappa shape index (κ1) is 27.7. The number of amides is 3. The molecule has 0 fully saturated rings. The van der Waals surface area contributed by atoms with Gasteiger partial charge in [0.25, 0.3) is 11.8 Å². The zero-order chi connectivity index (χ0) is 28.3. The number of nitrogen functional groups attached to an aromatic ring is 1. The third-order valence-electron chi connectivity index (χ3n) is 6.54. The van der Waals surface area contributed by atoms with Gasteiger partial charge in [-0.2, -0.15) is 4.37 Å². The van der Waals surface area contributed by atoms with Crippen molar-refractivity contribution in [1.82, 2.24) is 14.6 Å². The van der Waals surface area contributed by atoms with Crippen molar-refractivity contribution in [3.05, 3.63) is 64.2 Å². The molecule has 5 N–H and O–H groups in total. The number of hydrogen-bond acceptors (Lipinski definition) is 9. The fraction of sp³-hybridized carbons (Fsp3) is 0.333. The lowest BCUT2D eigenvalue weighted by atomic mass is 9.98. The summed E-state index contributed by atoms with van der Waals surface area (Å²) in [5.74, 6) is -0.105. The lowest BCUT2D eigenvalue weighted by Crippen LogP contribution is -2.50. The second-order valence-corrected chi connectivity index (χ2v) is 10.4. The zero-order valence-electron chi connectivity index (χ0n) is 22.1. The molecule has 0 saturated carbocycles. The maximum atomic E-state index is 14.1. The van der Waals surface area contributed by atoms with Crippen molar-refractivity contribution >= 4 is 34.9 Å². The lowest BCUT2D eigenvalue weighted by molar-refractivity contribution is -0.127. The molecule has 0 bridgehead atoms. The van der Waals surface area contributed by atoms with Crippen LogP contribution >= 0.6 is 11.5 Å². The quantitative estimate of drug-likeness (QED) is 0.345. The number of rotatable bonds is 10. The molecule has 4 rings (SSSR count). The Balaban J connectivity index is 1.83. The van der Waals surface area contributed by atoms with E-state index in [1.165, 1.54) is 4.90 Å². The number of fused-ring (bicyclic) bond motifs is 1. The van der Waals surface area contributed by atoms with Gasteiger partial charge in [0.1, 0.15) is 16.7 Å². The van der Waals surface area contributed by atoms with Crippen LogP contribution in [0.25, 0.3) is 0 Å². The molecule has 1 aliphatic heterocycles. The molecular weight excluding hydrogens is 522 g/mol. The van der Waals surface area contributed by atoms with E-state index in [1.807, 2.05) is 20.8 Å². The Kier molecular flexibility index (Phi) is 7.95. The Morgan fingerprint density at radius 1 is 1.15 bits per heavy atom. The Morgan fingerprint density at radius 2 is 1.85 bits per heavy atom. The minimum absolute atomic E-state index is 0.00519. The number of ether oxygens (including phenoxy) is 3. The maximum absolute atomic E-state index is 14.1. The number of benzene rings is 2. The largest absolute Gasteiger partial charge is 0.497 e. The van der Waals surface area contributed by atoms with Gasteiger partial charge in [0.15, 0.2) is 17.2 Å². The van der Waals surface area contributed by atoms with Crippen molar-refractivity contribution in [2.24, 2.45) is 5.73 Å². The highest BCUT2D eigenvalue weighted by atomic mass is 32.1. The van der Waals surface area contributed by atoms with E-state index in [2.05, 4.69) is 9.69 Å². The maximum Gasteiger partial charge on any atom is 0.270 e. The molecule has 11 nitrogen and oxygen atoms in total. The van der Waals surface area contributed by atoms with Crippen LogP contribution in [0.2, 0.25) is 0 Å². The molecule has 1 atom stereocenters. The van der Waals surface area contributed by atoms with Crippen LogP contribution in [0, 0.1) is 0 Å². The average Bonchev–Trinajstić information content (AvgIpc) is 3.54. The first-order valence-electron chi connectivity index (χ1n) is 12.2. The topological polar surface area (TPSA) is 159 Å². The molecule has 2 aromatic carbocycles. The number of aromatic nitrogens is 1. The van der Waals surface area contributed by atoms with Crippen molar-refractivity contribution in [1.29, 1.82) is 0 Å². The highest BCUT2D eigenvalue weighted by molar-refractivity contribution is 7.09. The molecule has 12 heteroatoms. The number of hydrogen-bond donors (Lipinski definition) is 3. The minimum atomic E-state index is -1.07. The van der Waals surface area contributed by atoms with Crippen LogP contribution in [0.15, 0.2) is 42.5 Å². The van der Waals surface area contributed by atoms with Gasteiger partial charge in [-0.3, -0.25) is 14.4 Å². The third kappa shape index (κ3) is 5.90. The van der Waals surface area contributed by atoms with Gasteiger partial charge >= 0.3 is 0 Å². The number of carbonyl (C=O) groups excluding carboxylic acids is 3. The monoisotopic (exact) mass is 553 g/mol. The van der Waals surface area contributed by atoms with Gasteiger partial charge in [-0.25, -0.2) is 0 Å². The molecule has 0 saturated heterocycles. The first-order valence-corrected chi connectivity index (χ1v) is 13.0. The van der Waals surface area contributed by atoms with Crippen molar-refractivity contribution in [3.63, 3.8) is 0 Å². The average molecular weight is 554 g/mol. The molecule has 0 unspecified atom stereocenters. The molecule has 2 heterocycles. The predicted octanol–water partition coefficient (Wildman–Crippen LogP) is 3.25. The highest BCUT2D eigenvalue weighted by Gasteiger charge is 2.37. The van der Waals surface area contributed by atoms with Gasteiger partial charge in [0.05, 0.1) is 12.8 Å². The second kappa shape index (κ2) is 11.2. The summed E-state index contributed by atoms with van der Waals surface area (Å²) in [6.45, 7) is 5.87. The number of primary amides is 1. The summed E-state index contributed by atoms with van der Waals surface area (Å²) in [5.41, 5.74) is 11.9. The Hall–Kier alpha value is -4.32. The van der Waals surface area contributed by atoms with Crippen LogP contribution in [-0.4, -0.2) is 46.4 Å². The molecule has 206 valence electrons. The van der Waals surface area contributed by atoms with Gasteiger partial charge in [0.2, 0.25) is 12.7 Å². The molecule has 0 radical (unpaired) electrons. The molecular formula is C27H31N5O6S. The van der Waals surface area contributed by atoms with E-state index in [1.54, 1.807) is 49.6 Å². The fourth-order valence-electron chi connectivity index (χ4n) is 4.03. The Bertz CT molecular complexity index is 1390. The number of methoxy groups -OCH3 is 1. The molecule has 3 aromatic rings. The highest BCUT2D eigenvalue weighted by Crippen LogP contribution is 2.35. The lowest BCUT2D eigenvalue weighted by Gasteiger charge is -2.34. The van der Waals surface area contributed by atoms with Gasteiger partial charge in [-0.15, -0.1) is 0 Å². The van der Waals surface area contributed by atoms with E-state index >= 15 is 0 Å². The molecule has 39 heavy (non-hydrogen) atoms. The second-order valence-electron chi connectivity index (χ2n) is 9.66. The van der Waals surface area contributed by atoms with Crippen molar-refractivity contribution in [2.75, 3.05) is 19.6 Å². The van der Waals surface area contributed by atoms with E-state index in [0.29, 0.717) is 34.8 Å². The SMILES string of the molecule is CCC(C)(C)NC(=O)[C@H](c1ccc(OC)cc1)N(Cc1ccc2c(c1)OCO2)C(=O)c1snc(C(N)=O)c1N. The van der Waals surface area contributed by atoms with Crippen molar-refractivity contribution < 1.29 is 28.6 Å². The Morgan fingerprint density at radius 3 is 2.46 bits per heavy atom. The number of anilines is 1. The fourth-order valence-corrected chi connectivity index (χ4v) is 4.79. The Labute approximate surface area is 230 Å². The summed E-state index contributed by atoms with van der Waals surface area (Å²) < 4.78 is 20.2. The van der Waals surface area contributed by atoms with Crippen LogP contribution in [-0.2, 0) is 11.3 Å². The zero-order valence-corrected chi connectivity index (χ0v) is 23.0. The van der Waals surface area contributed by atoms with Gasteiger partial charge in [-0.05, 0) is 67.2 Å². The summed E-state index contributed by atoms with van der Waals surface area (Å²) >= 11 is 0.756. The standard InChI is InChI=1S/C27H31N5O6S/c1-5-27(2,3)30-25(34)22(16-7-9-17(36-4)10-8-16)32(13-15-6-11-18-19(12-15)38-14-37-18)26(35)23-20(28)21(24(29)33)31-39-23/h6-12,22H,5,13-14,28H2,1-4H3,(H2,29,33)(H,30,34)/t22-/m0/s1. The van der Waals surface area contributed by atoms with Crippen LogP contribution < -0.4 is 31.0 Å². The van der Waals surface area contributed by atoms with Crippen LogP contribution in [0.3, 0.4) is 0 Å². The summed E-state index contributed by atoms with van der Waals surface area (Å²) in [5, 5.41) is 3.06. The molecule has 3 amide bonds. The number of nitrogens with two attached hydrogens (primary N) is 2. The van der Waals surface area contributed by atoms with Crippen LogP contribution in [0.1, 0.15) is 64.5 Å². The third-order valence-corrected chi connectivity index (χ3v) is 7.39.